The SMILES string of the molecule is C/C=C\C(=C/C)CNC(=S)Nc1ccc(OC)c(OC)c1. The summed E-state index contributed by atoms with van der Waals surface area (Å²) < 4.78 is 10.5. The average molecular weight is 306 g/mol. The molecule has 0 aliphatic carbocycles. The van der Waals surface area contributed by atoms with Gasteiger partial charge < -0.3 is 20.1 Å². The number of hydrogen-bond donors (Lipinski definition) is 2. The van der Waals surface area contributed by atoms with Gasteiger partial charge in [-0.05, 0) is 43.8 Å². The lowest BCUT2D eigenvalue weighted by molar-refractivity contribution is 0.355. The van der Waals surface area contributed by atoms with Gasteiger partial charge in [0.25, 0.3) is 0 Å². The van der Waals surface area contributed by atoms with E-state index < -0.39 is 0 Å². The molecule has 5 heteroatoms. The Hall–Kier alpha value is -2.01. The summed E-state index contributed by atoms with van der Waals surface area (Å²) in [4.78, 5) is 0. The van der Waals surface area contributed by atoms with E-state index in [1.54, 1.807) is 14.2 Å². The predicted molar refractivity (Wildman–Crippen MR) is 92.3 cm³/mol. The second-order valence-corrected chi connectivity index (χ2v) is 4.65. The molecule has 1 rings (SSSR count). The van der Waals surface area contributed by atoms with Crippen LogP contribution in [-0.2, 0) is 0 Å². The summed E-state index contributed by atoms with van der Waals surface area (Å²) in [5.74, 6) is 1.35. The number of hydrogen-bond acceptors (Lipinski definition) is 3. The first-order valence-electron chi connectivity index (χ1n) is 6.69. The lowest BCUT2D eigenvalue weighted by Crippen LogP contribution is -2.29. The van der Waals surface area contributed by atoms with Crippen LogP contribution in [0.4, 0.5) is 5.69 Å². The summed E-state index contributed by atoms with van der Waals surface area (Å²) in [6.45, 7) is 4.67. The van der Waals surface area contributed by atoms with Gasteiger partial charge in [0.1, 0.15) is 0 Å². The molecule has 0 aromatic heterocycles. The highest BCUT2D eigenvalue weighted by atomic mass is 32.1. The van der Waals surface area contributed by atoms with Crippen LogP contribution in [0.3, 0.4) is 0 Å². The zero-order valence-corrected chi connectivity index (χ0v) is 13.7. The van der Waals surface area contributed by atoms with Gasteiger partial charge in [0, 0.05) is 18.3 Å². The molecule has 0 bridgehead atoms. The summed E-state index contributed by atoms with van der Waals surface area (Å²) in [6.07, 6.45) is 6.10. The fourth-order valence-corrected chi connectivity index (χ4v) is 1.93. The zero-order chi connectivity index (χ0) is 15.7. The van der Waals surface area contributed by atoms with E-state index in [0.717, 1.165) is 5.69 Å². The van der Waals surface area contributed by atoms with E-state index in [0.29, 0.717) is 23.2 Å². The molecule has 0 saturated heterocycles. The van der Waals surface area contributed by atoms with Crippen molar-refractivity contribution in [2.24, 2.45) is 0 Å². The third-order valence-corrected chi connectivity index (χ3v) is 3.09. The van der Waals surface area contributed by atoms with Crippen LogP contribution in [0, 0.1) is 0 Å². The van der Waals surface area contributed by atoms with Crippen molar-refractivity contribution in [3.8, 4) is 11.5 Å². The van der Waals surface area contributed by atoms with Crippen LogP contribution >= 0.6 is 12.2 Å². The monoisotopic (exact) mass is 306 g/mol. The van der Waals surface area contributed by atoms with E-state index in [9.17, 15) is 0 Å². The quantitative estimate of drug-likeness (QED) is 0.622. The van der Waals surface area contributed by atoms with Crippen molar-refractivity contribution < 1.29 is 9.47 Å². The predicted octanol–water partition coefficient (Wildman–Crippen LogP) is 3.51. The maximum absolute atomic E-state index is 5.28. The van der Waals surface area contributed by atoms with Crippen molar-refractivity contribution in [3.63, 3.8) is 0 Å². The smallest absolute Gasteiger partial charge is 0.171 e. The van der Waals surface area contributed by atoms with Crippen LogP contribution in [0.5, 0.6) is 11.5 Å². The number of rotatable bonds is 6. The van der Waals surface area contributed by atoms with Gasteiger partial charge >= 0.3 is 0 Å². The summed E-state index contributed by atoms with van der Waals surface area (Å²) in [5, 5.41) is 6.85. The van der Waals surface area contributed by atoms with Gasteiger partial charge in [0.2, 0.25) is 0 Å². The Balaban J connectivity index is 2.63. The highest BCUT2D eigenvalue weighted by Gasteiger charge is 2.05. The van der Waals surface area contributed by atoms with Gasteiger partial charge in [-0.25, -0.2) is 0 Å². The molecule has 0 radical (unpaired) electrons. The first-order valence-corrected chi connectivity index (χ1v) is 7.10. The topological polar surface area (TPSA) is 42.5 Å². The van der Waals surface area contributed by atoms with E-state index >= 15 is 0 Å². The van der Waals surface area contributed by atoms with Crippen LogP contribution in [-0.4, -0.2) is 25.9 Å². The first-order chi connectivity index (χ1) is 10.1. The number of allylic oxidation sites excluding steroid dienone is 2. The minimum absolute atomic E-state index is 0.561. The fraction of sp³-hybridized carbons (Fsp3) is 0.312. The number of ether oxygens (including phenoxy) is 2. The Morgan fingerprint density at radius 1 is 1.19 bits per heavy atom. The molecule has 1 aromatic carbocycles. The molecule has 1 aromatic rings. The molecule has 0 amide bonds. The van der Waals surface area contributed by atoms with Crippen LogP contribution < -0.4 is 20.1 Å². The van der Waals surface area contributed by atoms with Gasteiger partial charge in [0.05, 0.1) is 14.2 Å². The Morgan fingerprint density at radius 2 is 1.90 bits per heavy atom. The number of thiocarbonyl (C=S) groups is 1. The van der Waals surface area contributed by atoms with Gasteiger partial charge in [-0.3, -0.25) is 0 Å². The van der Waals surface area contributed by atoms with Gasteiger partial charge in [-0.2, -0.15) is 0 Å². The van der Waals surface area contributed by atoms with E-state index in [1.807, 2.05) is 50.3 Å². The van der Waals surface area contributed by atoms with Gasteiger partial charge in [-0.1, -0.05) is 18.2 Å². The maximum atomic E-state index is 5.28. The lowest BCUT2D eigenvalue weighted by Gasteiger charge is -2.13. The van der Waals surface area contributed by atoms with Crippen molar-refractivity contribution in [1.29, 1.82) is 0 Å². The maximum Gasteiger partial charge on any atom is 0.171 e. The van der Waals surface area contributed by atoms with Gasteiger partial charge in [-0.15, -0.1) is 0 Å². The summed E-state index contributed by atoms with van der Waals surface area (Å²) in [6, 6.07) is 5.56. The van der Waals surface area contributed by atoms with Crippen LogP contribution in [0.1, 0.15) is 13.8 Å². The number of nitrogens with one attached hydrogen (secondary N) is 2. The van der Waals surface area contributed by atoms with Crippen LogP contribution in [0.15, 0.2) is 42.0 Å². The molecule has 0 unspecified atom stereocenters. The largest absolute Gasteiger partial charge is 0.493 e. The normalized spacial score (nSPS) is 11.3. The molecule has 4 nitrogen and oxygen atoms in total. The number of anilines is 1. The van der Waals surface area contributed by atoms with Crippen LogP contribution in [0.2, 0.25) is 0 Å². The molecule has 0 aliphatic heterocycles. The van der Waals surface area contributed by atoms with Crippen molar-refractivity contribution in [2.75, 3.05) is 26.1 Å². The van der Waals surface area contributed by atoms with Crippen molar-refractivity contribution in [1.82, 2.24) is 5.32 Å². The zero-order valence-electron chi connectivity index (χ0n) is 12.9. The standard InChI is InChI=1S/C16H22N2O2S/c1-5-7-12(6-2)11-17-16(21)18-13-8-9-14(19-3)15(10-13)20-4/h5-10H,11H2,1-4H3,(H2,17,18,21)/b7-5-,12-6+. The van der Waals surface area contributed by atoms with Gasteiger partial charge in [0.15, 0.2) is 16.6 Å². The Labute approximate surface area is 131 Å². The van der Waals surface area contributed by atoms with Crippen molar-refractivity contribution >= 4 is 23.0 Å². The third-order valence-electron chi connectivity index (χ3n) is 2.85. The Kier molecular flexibility index (Phi) is 7.32. The first kappa shape index (κ1) is 17.0. The second-order valence-electron chi connectivity index (χ2n) is 4.24. The average Bonchev–Trinajstić information content (AvgIpc) is 2.51. The molecule has 0 atom stereocenters. The molecule has 2 N–H and O–H groups in total. The lowest BCUT2D eigenvalue weighted by atomic mass is 10.2. The summed E-state index contributed by atoms with van der Waals surface area (Å²) >= 11 is 5.28. The third kappa shape index (κ3) is 5.47. The molecular weight excluding hydrogens is 284 g/mol. The van der Waals surface area contributed by atoms with E-state index in [-0.39, 0.29) is 0 Å². The molecule has 114 valence electrons. The second kappa shape index (κ2) is 9.02. The molecule has 0 spiro atoms. The summed E-state index contributed by atoms with van der Waals surface area (Å²) in [5.41, 5.74) is 2.02. The minimum atomic E-state index is 0.561. The molecular formula is C16H22N2O2S. The Bertz CT molecular complexity index is 539. The molecule has 0 fully saturated rings. The van der Waals surface area contributed by atoms with Crippen molar-refractivity contribution in [3.05, 3.63) is 42.0 Å². The Morgan fingerprint density at radius 3 is 2.48 bits per heavy atom. The molecule has 21 heavy (non-hydrogen) atoms. The van der Waals surface area contributed by atoms with E-state index in [1.165, 1.54) is 5.57 Å². The molecule has 0 saturated carbocycles. The number of benzene rings is 1. The molecule has 0 heterocycles. The molecule has 0 aliphatic rings. The van der Waals surface area contributed by atoms with E-state index in [2.05, 4.69) is 10.6 Å². The van der Waals surface area contributed by atoms with Crippen molar-refractivity contribution in [2.45, 2.75) is 13.8 Å². The fourth-order valence-electron chi connectivity index (χ4n) is 1.74. The van der Waals surface area contributed by atoms with E-state index in [4.69, 9.17) is 21.7 Å². The minimum Gasteiger partial charge on any atom is -0.493 e. The number of methoxy groups -OCH3 is 2. The highest BCUT2D eigenvalue weighted by molar-refractivity contribution is 7.80. The summed E-state index contributed by atoms with van der Waals surface area (Å²) in [7, 11) is 3.21. The highest BCUT2D eigenvalue weighted by Crippen LogP contribution is 2.29. The van der Waals surface area contributed by atoms with Crippen LogP contribution in [0.25, 0.3) is 0 Å².